The van der Waals surface area contributed by atoms with Crippen LogP contribution in [0, 0.1) is 0 Å². The Labute approximate surface area is 100.0 Å². The van der Waals surface area contributed by atoms with Crippen LogP contribution in [0.15, 0.2) is 24.3 Å². The molecule has 8 heteroatoms. The van der Waals surface area contributed by atoms with Crippen molar-refractivity contribution >= 4 is 11.9 Å². The van der Waals surface area contributed by atoms with E-state index in [1.165, 1.54) is 0 Å². The van der Waals surface area contributed by atoms with Crippen molar-refractivity contribution in [1.82, 2.24) is 0 Å². The molecule has 0 atom stereocenters. The van der Waals surface area contributed by atoms with Gasteiger partial charge < -0.3 is 30.6 Å². The average molecular weight is 258 g/mol. The van der Waals surface area contributed by atoms with E-state index in [-0.39, 0.29) is 0 Å². The number of hydrogen-bond acceptors (Lipinski definition) is 6. The molecule has 1 rings (SSSR count). The Hall–Kier alpha value is -2.00. The third kappa shape index (κ3) is 2.31. The van der Waals surface area contributed by atoms with E-state index in [1.807, 2.05) is 0 Å². The molecule has 0 bridgehead atoms. The predicted molar refractivity (Wildman–Crippen MR) is 53.9 cm³/mol. The summed E-state index contributed by atoms with van der Waals surface area (Å²) in [7, 11) is 0. The largest absolute Gasteiger partial charge is 0.477 e. The molecule has 0 saturated heterocycles. The molecule has 0 aliphatic carbocycles. The first-order valence-corrected chi connectivity index (χ1v) is 4.57. The maximum absolute atomic E-state index is 10.6. The van der Waals surface area contributed by atoms with Crippen LogP contribution in [0.1, 0.15) is 11.1 Å². The zero-order valence-corrected chi connectivity index (χ0v) is 8.81. The van der Waals surface area contributed by atoms with E-state index in [0.717, 1.165) is 18.2 Å². The first-order chi connectivity index (χ1) is 8.10. The zero-order valence-electron chi connectivity index (χ0n) is 8.81. The quantitative estimate of drug-likeness (QED) is 0.343. The van der Waals surface area contributed by atoms with Gasteiger partial charge in [0.1, 0.15) is 0 Å². The van der Waals surface area contributed by atoms with Crippen molar-refractivity contribution in [3.63, 3.8) is 0 Å². The Morgan fingerprint density at radius 3 is 1.44 bits per heavy atom. The Balaban J connectivity index is 3.31. The van der Waals surface area contributed by atoms with Crippen molar-refractivity contribution in [3.05, 3.63) is 35.4 Å². The van der Waals surface area contributed by atoms with Crippen molar-refractivity contribution in [2.75, 3.05) is 0 Å². The monoisotopic (exact) mass is 258 g/mol. The lowest BCUT2D eigenvalue weighted by atomic mass is 9.98. The smallest absolute Gasteiger partial charge is 0.369 e. The summed E-state index contributed by atoms with van der Waals surface area (Å²) in [5.74, 6) is -10.5. The highest BCUT2D eigenvalue weighted by Crippen LogP contribution is 2.24. The minimum Gasteiger partial charge on any atom is -0.477 e. The number of carbonyl (C=O) groups is 2. The second-order valence-electron chi connectivity index (χ2n) is 3.54. The van der Waals surface area contributed by atoms with E-state index < -0.39 is 34.6 Å². The van der Waals surface area contributed by atoms with Gasteiger partial charge in [0.25, 0.3) is 11.6 Å². The SMILES string of the molecule is O=C(O)C(O)(O)c1cccc(C(O)(O)C(=O)O)c1. The molecule has 0 saturated carbocycles. The normalized spacial score (nSPS) is 12.2. The highest BCUT2D eigenvalue weighted by molar-refractivity contribution is 5.79. The lowest BCUT2D eigenvalue weighted by molar-refractivity contribution is -0.210. The second-order valence-corrected chi connectivity index (χ2v) is 3.54. The maximum atomic E-state index is 10.6. The number of benzene rings is 1. The molecule has 98 valence electrons. The maximum Gasteiger partial charge on any atom is 0.369 e. The van der Waals surface area contributed by atoms with Crippen LogP contribution in [-0.4, -0.2) is 42.6 Å². The third-order valence-electron chi connectivity index (χ3n) is 2.26. The van der Waals surface area contributed by atoms with Crippen LogP contribution >= 0.6 is 0 Å². The Bertz CT molecular complexity index is 449. The lowest BCUT2D eigenvalue weighted by Crippen LogP contribution is -2.38. The molecule has 0 spiro atoms. The third-order valence-corrected chi connectivity index (χ3v) is 2.26. The highest BCUT2D eigenvalue weighted by Gasteiger charge is 2.39. The van der Waals surface area contributed by atoms with E-state index in [4.69, 9.17) is 10.2 Å². The van der Waals surface area contributed by atoms with Gasteiger partial charge in [-0.3, -0.25) is 0 Å². The average Bonchev–Trinajstić information content (AvgIpc) is 2.28. The molecule has 1 aromatic rings. The van der Waals surface area contributed by atoms with Gasteiger partial charge in [0.2, 0.25) is 0 Å². The molecule has 0 amide bonds. The number of carboxylic acid groups (broad SMARTS) is 2. The van der Waals surface area contributed by atoms with Gasteiger partial charge in [0.15, 0.2) is 0 Å². The fraction of sp³-hybridized carbons (Fsp3) is 0.200. The highest BCUT2D eigenvalue weighted by atomic mass is 16.5. The summed E-state index contributed by atoms with van der Waals surface area (Å²) in [6.07, 6.45) is 0. The predicted octanol–water partition coefficient (Wildman–Crippen LogP) is -1.87. The number of carboxylic acids is 2. The number of hydrogen-bond donors (Lipinski definition) is 6. The number of aliphatic hydroxyl groups is 4. The van der Waals surface area contributed by atoms with Crippen LogP contribution in [0.4, 0.5) is 0 Å². The van der Waals surface area contributed by atoms with Gasteiger partial charge >= 0.3 is 11.9 Å². The summed E-state index contributed by atoms with van der Waals surface area (Å²) in [6, 6.07) is 3.67. The van der Waals surface area contributed by atoms with Gasteiger partial charge in [-0.25, -0.2) is 9.59 Å². The molecule has 1 aromatic carbocycles. The zero-order chi connectivity index (χ0) is 14.1. The van der Waals surface area contributed by atoms with Crippen molar-refractivity contribution < 1.29 is 40.2 Å². The van der Waals surface area contributed by atoms with Gasteiger partial charge in [-0.15, -0.1) is 0 Å². The van der Waals surface area contributed by atoms with Gasteiger partial charge in [0, 0.05) is 11.1 Å². The fourth-order valence-electron chi connectivity index (χ4n) is 1.20. The number of rotatable bonds is 4. The van der Waals surface area contributed by atoms with Crippen molar-refractivity contribution in [2.45, 2.75) is 11.6 Å². The summed E-state index contributed by atoms with van der Waals surface area (Å²) in [4.78, 5) is 21.2. The first-order valence-electron chi connectivity index (χ1n) is 4.57. The molecule has 6 N–H and O–H groups in total. The van der Waals surface area contributed by atoms with Gasteiger partial charge in [-0.05, 0) is 6.07 Å². The van der Waals surface area contributed by atoms with Crippen LogP contribution in [-0.2, 0) is 21.2 Å². The van der Waals surface area contributed by atoms with E-state index >= 15 is 0 Å². The van der Waals surface area contributed by atoms with Gasteiger partial charge in [0.05, 0.1) is 0 Å². The van der Waals surface area contributed by atoms with Crippen LogP contribution in [0.5, 0.6) is 0 Å². The van der Waals surface area contributed by atoms with Crippen LogP contribution in [0.2, 0.25) is 0 Å². The minimum atomic E-state index is -3.26. The van der Waals surface area contributed by atoms with Crippen molar-refractivity contribution in [3.8, 4) is 0 Å². The van der Waals surface area contributed by atoms with E-state index in [9.17, 15) is 30.0 Å². The lowest BCUT2D eigenvalue weighted by Gasteiger charge is -2.21. The van der Waals surface area contributed by atoms with Gasteiger partial charge in [-0.1, -0.05) is 18.2 Å². The Kier molecular flexibility index (Phi) is 3.40. The molecule has 8 nitrogen and oxygen atoms in total. The summed E-state index contributed by atoms with van der Waals surface area (Å²) in [5.41, 5.74) is -1.22. The topological polar surface area (TPSA) is 156 Å². The number of aliphatic carboxylic acids is 2. The molecule has 0 radical (unpaired) electrons. The second kappa shape index (κ2) is 4.35. The molecule has 0 fully saturated rings. The molecule has 0 unspecified atom stereocenters. The van der Waals surface area contributed by atoms with Crippen LogP contribution in [0.3, 0.4) is 0 Å². The first kappa shape index (κ1) is 14.1. The minimum absolute atomic E-state index is 0.610. The van der Waals surface area contributed by atoms with E-state index in [2.05, 4.69) is 0 Å². The summed E-state index contributed by atoms with van der Waals surface area (Å²) < 4.78 is 0. The molecular formula is C10H10O8. The molecule has 0 aromatic heterocycles. The summed E-state index contributed by atoms with van der Waals surface area (Å²) in [6.45, 7) is 0. The van der Waals surface area contributed by atoms with E-state index in [1.54, 1.807) is 0 Å². The van der Waals surface area contributed by atoms with Crippen molar-refractivity contribution in [2.24, 2.45) is 0 Å². The standard InChI is InChI=1S/C10H10O8/c11-7(12)9(15,16)5-2-1-3-6(4-5)10(17,18)8(13)14/h1-4,15-18H,(H,11,12)(H,13,14). The van der Waals surface area contributed by atoms with Crippen LogP contribution < -0.4 is 0 Å². The van der Waals surface area contributed by atoms with Gasteiger partial charge in [-0.2, -0.15) is 0 Å². The van der Waals surface area contributed by atoms with Crippen molar-refractivity contribution in [1.29, 1.82) is 0 Å². The molecule has 0 heterocycles. The Morgan fingerprint density at radius 2 is 1.17 bits per heavy atom. The molecular weight excluding hydrogens is 248 g/mol. The summed E-state index contributed by atoms with van der Waals surface area (Å²) >= 11 is 0. The van der Waals surface area contributed by atoms with E-state index in [0.29, 0.717) is 6.07 Å². The molecule has 0 aliphatic heterocycles. The Morgan fingerprint density at radius 1 is 0.833 bits per heavy atom. The fourth-order valence-corrected chi connectivity index (χ4v) is 1.20. The molecule has 18 heavy (non-hydrogen) atoms. The van der Waals surface area contributed by atoms with Crippen LogP contribution in [0.25, 0.3) is 0 Å². The summed E-state index contributed by atoms with van der Waals surface area (Å²) in [5, 5.41) is 54.1. The molecule has 0 aliphatic rings.